The Hall–Kier alpha value is -4.42. The highest BCUT2D eigenvalue weighted by Crippen LogP contribution is 2.17. The molecular formula is C34H50N6O7. The highest BCUT2D eigenvalue weighted by molar-refractivity contribution is 5.95. The molecule has 0 saturated carbocycles. The van der Waals surface area contributed by atoms with Gasteiger partial charge in [0.1, 0.15) is 29.6 Å². The van der Waals surface area contributed by atoms with Crippen LogP contribution >= 0.6 is 0 Å². The summed E-state index contributed by atoms with van der Waals surface area (Å²) in [6.45, 7) is 12.5. The lowest BCUT2D eigenvalue weighted by Gasteiger charge is -2.31. The largest absolute Gasteiger partial charge is 0.497 e. The van der Waals surface area contributed by atoms with Crippen LogP contribution in [0.1, 0.15) is 70.0 Å². The van der Waals surface area contributed by atoms with Crippen LogP contribution in [0.25, 0.3) is 0 Å². The van der Waals surface area contributed by atoms with Crippen molar-refractivity contribution in [3.63, 3.8) is 0 Å². The van der Waals surface area contributed by atoms with E-state index in [-0.39, 0.29) is 43.7 Å². The summed E-state index contributed by atoms with van der Waals surface area (Å²) in [7, 11) is 1.55. The van der Waals surface area contributed by atoms with Crippen molar-refractivity contribution in [1.29, 1.82) is 0 Å². The number of nitrogens with one attached hydrogen (secondary N) is 4. The standard InChI is InChI=1S/C34H50N6O7/c1-19(2)15-27-34(45)37-28(16-24-9-11-25(46-8)12-10-24)33(44)35-22(6)32(43)38-29(20(3)4)17-40(18-30(41)36-27)31(42)14-13-26-21(5)39-47-23(26)7/h9-12,19-20,22,27-29H,13-18H2,1-8H3,(H,35,44)(H,36,41)(H,37,45)(H,38,43)/t22-,27+,28+,29-/m1/s1. The lowest BCUT2D eigenvalue weighted by Crippen LogP contribution is -2.57. The molecule has 1 fully saturated rings. The molecule has 4 atom stereocenters. The van der Waals surface area contributed by atoms with E-state index in [1.165, 1.54) is 4.90 Å². The van der Waals surface area contributed by atoms with Gasteiger partial charge in [-0.15, -0.1) is 0 Å². The Kier molecular flexibility index (Phi) is 13.3. The third-order valence-electron chi connectivity index (χ3n) is 8.35. The van der Waals surface area contributed by atoms with Crippen LogP contribution in [-0.4, -0.2) is 84.0 Å². The van der Waals surface area contributed by atoms with Gasteiger partial charge in [0, 0.05) is 31.0 Å². The van der Waals surface area contributed by atoms with Crippen molar-refractivity contribution in [2.75, 3.05) is 20.2 Å². The van der Waals surface area contributed by atoms with Crippen molar-refractivity contribution in [3.8, 4) is 5.75 Å². The Balaban J connectivity index is 1.93. The molecule has 1 aromatic carbocycles. The Morgan fingerprint density at radius 2 is 1.62 bits per heavy atom. The van der Waals surface area contributed by atoms with E-state index < -0.39 is 47.8 Å². The number of carbonyl (C=O) groups is 5. The van der Waals surface area contributed by atoms with Gasteiger partial charge in [-0.2, -0.15) is 0 Å². The second-order valence-corrected chi connectivity index (χ2v) is 13.0. The van der Waals surface area contributed by atoms with Gasteiger partial charge in [0.15, 0.2) is 0 Å². The Labute approximate surface area is 276 Å². The number of aromatic nitrogens is 1. The second-order valence-electron chi connectivity index (χ2n) is 13.0. The third-order valence-corrected chi connectivity index (χ3v) is 8.35. The zero-order chi connectivity index (χ0) is 34.8. The minimum atomic E-state index is -1.04. The van der Waals surface area contributed by atoms with Crippen LogP contribution in [0.2, 0.25) is 0 Å². The second kappa shape index (κ2) is 16.9. The van der Waals surface area contributed by atoms with Gasteiger partial charge in [0.05, 0.1) is 19.3 Å². The average molecular weight is 655 g/mol. The lowest BCUT2D eigenvalue weighted by molar-refractivity contribution is -0.138. The molecule has 0 unspecified atom stereocenters. The maximum absolute atomic E-state index is 13.7. The summed E-state index contributed by atoms with van der Waals surface area (Å²) in [5, 5.41) is 15.3. The van der Waals surface area contributed by atoms with E-state index >= 15 is 0 Å². The van der Waals surface area contributed by atoms with Crippen LogP contribution in [0.15, 0.2) is 28.8 Å². The van der Waals surface area contributed by atoms with Crippen molar-refractivity contribution in [1.82, 2.24) is 31.3 Å². The third kappa shape index (κ3) is 10.8. The normalized spacial score (nSPS) is 21.8. The van der Waals surface area contributed by atoms with Crippen molar-refractivity contribution in [3.05, 3.63) is 46.8 Å². The minimum absolute atomic E-state index is 0.0296. The summed E-state index contributed by atoms with van der Waals surface area (Å²) in [6, 6.07) is 3.63. The highest BCUT2D eigenvalue weighted by Gasteiger charge is 2.32. The van der Waals surface area contributed by atoms with Crippen molar-refractivity contribution in [2.24, 2.45) is 11.8 Å². The fourth-order valence-corrected chi connectivity index (χ4v) is 5.45. The molecule has 2 heterocycles. The van der Waals surface area contributed by atoms with Crippen LogP contribution < -0.4 is 26.0 Å². The molecule has 0 aliphatic carbocycles. The van der Waals surface area contributed by atoms with E-state index in [9.17, 15) is 24.0 Å². The molecule has 13 nitrogen and oxygen atoms in total. The summed E-state index contributed by atoms with van der Waals surface area (Å²) >= 11 is 0. The van der Waals surface area contributed by atoms with Gasteiger partial charge in [0.2, 0.25) is 29.5 Å². The zero-order valence-corrected chi connectivity index (χ0v) is 28.8. The highest BCUT2D eigenvalue weighted by atomic mass is 16.5. The topological polar surface area (TPSA) is 172 Å². The van der Waals surface area contributed by atoms with Gasteiger partial charge in [-0.1, -0.05) is 45.0 Å². The quantitative estimate of drug-likeness (QED) is 0.318. The smallest absolute Gasteiger partial charge is 0.243 e. The Morgan fingerprint density at radius 3 is 2.19 bits per heavy atom. The predicted molar refractivity (Wildman–Crippen MR) is 175 cm³/mol. The molecule has 3 rings (SSSR count). The zero-order valence-electron chi connectivity index (χ0n) is 28.8. The number of aryl methyl sites for hydroxylation is 2. The molecule has 1 aliphatic heterocycles. The van der Waals surface area contributed by atoms with Gasteiger partial charge in [0.25, 0.3) is 0 Å². The number of rotatable bonds is 9. The van der Waals surface area contributed by atoms with Gasteiger partial charge < -0.3 is 35.4 Å². The van der Waals surface area contributed by atoms with Crippen LogP contribution in [0.3, 0.4) is 0 Å². The molecule has 1 aliphatic rings. The molecule has 13 heteroatoms. The first-order valence-corrected chi connectivity index (χ1v) is 16.2. The number of hydrogen-bond donors (Lipinski definition) is 4. The molecule has 47 heavy (non-hydrogen) atoms. The molecule has 1 saturated heterocycles. The number of ether oxygens (including phenoxy) is 1. The molecule has 2 aromatic rings. The average Bonchev–Trinajstić information content (AvgIpc) is 3.33. The lowest BCUT2D eigenvalue weighted by atomic mass is 10.0. The van der Waals surface area contributed by atoms with Gasteiger partial charge in [-0.25, -0.2) is 0 Å². The first kappa shape index (κ1) is 37.0. The number of benzene rings is 1. The van der Waals surface area contributed by atoms with Crippen molar-refractivity contribution in [2.45, 2.75) is 98.3 Å². The van der Waals surface area contributed by atoms with Gasteiger partial charge in [-0.3, -0.25) is 24.0 Å². The SMILES string of the molecule is COc1ccc(C[C@@H]2NC(=O)[C@H](CC(C)C)NC(=O)CN(C(=O)CCc3c(C)noc3C)C[C@H](C(C)C)NC(=O)[C@@H](C)NC2=O)cc1. The molecule has 258 valence electrons. The molecule has 0 spiro atoms. The molecule has 0 radical (unpaired) electrons. The van der Waals surface area contributed by atoms with E-state index in [2.05, 4.69) is 26.4 Å². The van der Waals surface area contributed by atoms with Crippen LogP contribution in [0.5, 0.6) is 5.75 Å². The molecule has 5 amide bonds. The van der Waals surface area contributed by atoms with Crippen LogP contribution in [-0.2, 0) is 36.8 Å². The number of nitrogens with zero attached hydrogens (tertiary/aromatic N) is 2. The summed E-state index contributed by atoms with van der Waals surface area (Å²) in [6.07, 6.45) is 0.901. The summed E-state index contributed by atoms with van der Waals surface area (Å²) < 4.78 is 10.5. The van der Waals surface area contributed by atoms with E-state index in [0.29, 0.717) is 30.0 Å². The van der Waals surface area contributed by atoms with Gasteiger partial charge >= 0.3 is 0 Å². The first-order chi connectivity index (χ1) is 22.2. The fraction of sp³-hybridized carbons (Fsp3) is 0.588. The van der Waals surface area contributed by atoms with E-state index in [1.807, 2.05) is 27.7 Å². The van der Waals surface area contributed by atoms with Crippen molar-refractivity contribution >= 4 is 29.5 Å². The van der Waals surface area contributed by atoms with E-state index in [0.717, 1.165) is 11.1 Å². The summed E-state index contributed by atoms with van der Waals surface area (Å²) in [5.74, 6) is -1.17. The Morgan fingerprint density at radius 1 is 0.957 bits per heavy atom. The summed E-state index contributed by atoms with van der Waals surface area (Å²) in [4.78, 5) is 69.2. The maximum atomic E-state index is 13.7. The molecular weight excluding hydrogens is 604 g/mol. The van der Waals surface area contributed by atoms with Gasteiger partial charge in [-0.05, 0) is 63.1 Å². The van der Waals surface area contributed by atoms with E-state index in [4.69, 9.17) is 9.26 Å². The first-order valence-electron chi connectivity index (χ1n) is 16.2. The number of amides is 5. The molecule has 1 aromatic heterocycles. The molecule has 4 N–H and O–H groups in total. The maximum Gasteiger partial charge on any atom is 0.243 e. The summed E-state index contributed by atoms with van der Waals surface area (Å²) in [5.41, 5.74) is 2.29. The predicted octanol–water partition coefficient (Wildman–Crippen LogP) is 1.98. The number of carbonyl (C=O) groups excluding carboxylic acids is 5. The minimum Gasteiger partial charge on any atom is -0.497 e. The number of methoxy groups -OCH3 is 1. The van der Waals surface area contributed by atoms with Crippen LogP contribution in [0.4, 0.5) is 0 Å². The Bertz CT molecular complexity index is 1380. The fourth-order valence-electron chi connectivity index (χ4n) is 5.45. The number of hydrogen-bond acceptors (Lipinski definition) is 8. The van der Waals surface area contributed by atoms with E-state index in [1.54, 1.807) is 52.1 Å². The van der Waals surface area contributed by atoms with Crippen LogP contribution in [0, 0.1) is 25.7 Å². The van der Waals surface area contributed by atoms with Crippen molar-refractivity contribution < 1.29 is 33.2 Å². The monoisotopic (exact) mass is 654 g/mol. The molecule has 0 bridgehead atoms.